The van der Waals surface area contributed by atoms with E-state index in [1.807, 2.05) is 48.8 Å². The Morgan fingerprint density at radius 1 is 1.03 bits per heavy atom. The number of aromatic nitrogens is 4. The lowest BCUT2D eigenvalue weighted by atomic mass is 10.1. The van der Waals surface area contributed by atoms with Crippen molar-refractivity contribution in [2.24, 2.45) is 0 Å². The molecule has 0 radical (unpaired) electrons. The average molecular weight is 431 g/mol. The van der Waals surface area contributed by atoms with Gasteiger partial charge in [0.1, 0.15) is 5.75 Å². The van der Waals surface area contributed by atoms with E-state index in [0.29, 0.717) is 17.2 Å². The number of hydrogen-bond donors (Lipinski definition) is 0. The third-order valence-electron chi connectivity index (χ3n) is 5.08. The van der Waals surface area contributed by atoms with E-state index >= 15 is 0 Å². The molecule has 4 rings (SSSR count). The molecule has 0 atom stereocenters. The molecular formula is C24H26N4O2Si. The summed E-state index contributed by atoms with van der Waals surface area (Å²) in [6.07, 6.45) is 7.15. The van der Waals surface area contributed by atoms with Crippen molar-refractivity contribution in [3.8, 4) is 22.9 Å². The van der Waals surface area contributed by atoms with Crippen molar-refractivity contribution in [3.63, 3.8) is 0 Å². The Morgan fingerprint density at radius 2 is 1.90 bits per heavy atom. The van der Waals surface area contributed by atoms with Crippen molar-refractivity contribution in [1.29, 1.82) is 0 Å². The quantitative estimate of drug-likeness (QED) is 0.260. The average Bonchev–Trinajstić information content (AvgIpc) is 3.21. The molecule has 3 aromatic heterocycles. The van der Waals surface area contributed by atoms with Gasteiger partial charge in [-0.05, 0) is 36.8 Å². The van der Waals surface area contributed by atoms with E-state index in [-0.39, 0.29) is 0 Å². The summed E-state index contributed by atoms with van der Waals surface area (Å²) in [5, 5.41) is 5.38. The Balaban J connectivity index is 1.46. The zero-order valence-electron chi connectivity index (χ0n) is 18.1. The number of aryl methyl sites for hydroxylation is 1. The SMILES string of the molecule is C[Si](C)(C)CCCn1nccc1-c1ccc(Oc2ccc3cc(C=O)cnc3c2)nc1. The Bertz CT molecular complexity index is 1200. The van der Waals surface area contributed by atoms with Crippen LogP contribution in [0.1, 0.15) is 16.8 Å². The van der Waals surface area contributed by atoms with Gasteiger partial charge in [0.25, 0.3) is 0 Å². The molecule has 0 saturated heterocycles. The molecule has 0 aliphatic carbocycles. The van der Waals surface area contributed by atoms with E-state index in [1.165, 1.54) is 6.04 Å². The lowest BCUT2D eigenvalue weighted by molar-refractivity contribution is 0.112. The number of fused-ring (bicyclic) bond motifs is 1. The second-order valence-corrected chi connectivity index (χ2v) is 14.5. The zero-order valence-corrected chi connectivity index (χ0v) is 19.1. The van der Waals surface area contributed by atoms with Gasteiger partial charge in [-0.3, -0.25) is 14.5 Å². The van der Waals surface area contributed by atoms with Crippen molar-refractivity contribution in [3.05, 3.63) is 66.6 Å². The van der Waals surface area contributed by atoms with Crippen LogP contribution >= 0.6 is 0 Å². The van der Waals surface area contributed by atoms with E-state index in [1.54, 1.807) is 12.3 Å². The van der Waals surface area contributed by atoms with Gasteiger partial charge in [0.15, 0.2) is 6.29 Å². The minimum Gasteiger partial charge on any atom is -0.439 e. The molecule has 1 aromatic carbocycles. The maximum Gasteiger partial charge on any atom is 0.219 e. The smallest absolute Gasteiger partial charge is 0.219 e. The number of rotatable bonds is 8. The molecule has 7 heteroatoms. The van der Waals surface area contributed by atoms with E-state index < -0.39 is 8.07 Å². The van der Waals surface area contributed by atoms with Crippen molar-refractivity contribution < 1.29 is 9.53 Å². The third kappa shape index (κ3) is 5.24. The summed E-state index contributed by atoms with van der Waals surface area (Å²) in [4.78, 5) is 19.7. The summed E-state index contributed by atoms with van der Waals surface area (Å²) < 4.78 is 7.97. The lowest BCUT2D eigenvalue weighted by Crippen LogP contribution is -2.19. The van der Waals surface area contributed by atoms with Crippen LogP contribution in [0.2, 0.25) is 25.7 Å². The largest absolute Gasteiger partial charge is 0.439 e. The van der Waals surface area contributed by atoms with Gasteiger partial charge in [-0.1, -0.05) is 25.7 Å². The maximum atomic E-state index is 10.9. The topological polar surface area (TPSA) is 69.9 Å². The van der Waals surface area contributed by atoms with Crippen LogP contribution < -0.4 is 4.74 Å². The van der Waals surface area contributed by atoms with Crippen LogP contribution in [0, 0.1) is 0 Å². The second kappa shape index (κ2) is 8.81. The Hall–Kier alpha value is -3.32. The summed E-state index contributed by atoms with van der Waals surface area (Å²) in [7, 11) is -1.04. The van der Waals surface area contributed by atoms with Gasteiger partial charge in [-0.2, -0.15) is 5.10 Å². The minimum atomic E-state index is -1.04. The highest BCUT2D eigenvalue weighted by molar-refractivity contribution is 6.76. The molecule has 0 spiro atoms. The van der Waals surface area contributed by atoms with E-state index in [0.717, 1.165) is 41.4 Å². The first-order chi connectivity index (χ1) is 14.9. The van der Waals surface area contributed by atoms with Gasteiger partial charge in [-0.15, -0.1) is 0 Å². The van der Waals surface area contributed by atoms with E-state index in [9.17, 15) is 4.79 Å². The molecule has 0 N–H and O–H groups in total. The first-order valence-corrected chi connectivity index (χ1v) is 14.1. The highest BCUT2D eigenvalue weighted by atomic mass is 28.3. The number of pyridine rings is 2. The van der Waals surface area contributed by atoms with Crippen molar-refractivity contribution >= 4 is 25.3 Å². The Labute approximate surface area is 182 Å². The molecule has 4 aromatic rings. The van der Waals surface area contributed by atoms with Gasteiger partial charge in [0.2, 0.25) is 5.88 Å². The van der Waals surface area contributed by atoms with Crippen molar-refractivity contribution in [1.82, 2.24) is 19.7 Å². The fourth-order valence-corrected chi connectivity index (χ4v) is 4.69. The van der Waals surface area contributed by atoms with E-state index in [4.69, 9.17) is 4.74 Å². The van der Waals surface area contributed by atoms with Crippen LogP contribution in [-0.2, 0) is 6.54 Å². The monoisotopic (exact) mass is 430 g/mol. The molecule has 0 aliphatic heterocycles. The Kier molecular flexibility index (Phi) is 5.95. The van der Waals surface area contributed by atoms with Gasteiger partial charge in [0.05, 0.1) is 11.2 Å². The first-order valence-electron chi connectivity index (χ1n) is 10.4. The second-order valence-electron chi connectivity index (χ2n) is 8.83. The van der Waals surface area contributed by atoms with Crippen LogP contribution in [-0.4, -0.2) is 34.1 Å². The standard InChI is InChI=1S/C24H26N4O2Si/c1-31(2,3)12-4-11-28-23(9-10-27-28)20-6-8-24(26-16-20)30-21-7-5-19-13-18(17-29)15-25-22(19)14-21/h5-10,13-17H,4,11-12H2,1-3H3. The van der Waals surface area contributed by atoms with Gasteiger partial charge >= 0.3 is 0 Å². The summed E-state index contributed by atoms with van der Waals surface area (Å²) in [6.45, 7) is 8.11. The number of aldehydes is 1. The Morgan fingerprint density at radius 3 is 2.65 bits per heavy atom. The van der Waals surface area contributed by atoms with Crippen LogP contribution in [0.5, 0.6) is 11.6 Å². The molecule has 31 heavy (non-hydrogen) atoms. The summed E-state index contributed by atoms with van der Waals surface area (Å²) in [5.74, 6) is 1.16. The van der Waals surface area contributed by atoms with Crippen molar-refractivity contribution in [2.75, 3.05) is 0 Å². The predicted molar refractivity (Wildman–Crippen MR) is 125 cm³/mol. The molecule has 0 aliphatic rings. The number of carbonyl (C=O) groups excluding carboxylic acids is 1. The van der Waals surface area contributed by atoms with E-state index in [2.05, 4.69) is 39.4 Å². The fraction of sp³-hybridized carbons (Fsp3) is 0.250. The van der Waals surface area contributed by atoms with Crippen molar-refractivity contribution in [2.45, 2.75) is 38.7 Å². The van der Waals surface area contributed by atoms with Crippen LogP contribution in [0.4, 0.5) is 0 Å². The maximum absolute atomic E-state index is 10.9. The number of benzene rings is 1. The van der Waals surface area contributed by atoms with Gasteiger partial charge in [-0.25, -0.2) is 4.98 Å². The molecular weight excluding hydrogens is 404 g/mol. The van der Waals surface area contributed by atoms with Gasteiger partial charge < -0.3 is 4.74 Å². The number of ether oxygens (including phenoxy) is 1. The van der Waals surface area contributed by atoms with Crippen LogP contribution in [0.3, 0.4) is 0 Å². The molecule has 158 valence electrons. The predicted octanol–water partition coefficient (Wildman–Crippen LogP) is 5.83. The van der Waals surface area contributed by atoms with Gasteiger partial charge in [0, 0.05) is 61.9 Å². The lowest BCUT2D eigenvalue weighted by Gasteiger charge is -2.16. The molecule has 0 bridgehead atoms. The van der Waals surface area contributed by atoms with Crippen LogP contribution in [0.25, 0.3) is 22.2 Å². The highest BCUT2D eigenvalue weighted by Crippen LogP contribution is 2.26. The number of hydrogen-bond acceptors (Lipinski definition) is 5. The number of nitrogens with zero attached hydrogens (tertiary/aromatic N) is 4. The molecule has 6 nitrogen and oxygen atoms in total. The molecule has 0 unspecified atom stereocenters. The molecule has 0 amide bonds. The first kappa shape index (κ1) is 20.9. The van der Waals surface area contributed by atoms with Crippen LogP contribution in [0.15, 0.2) is 61.1 Å². The summed E-state index contributed by atoms with van der Waals surface area (Å²) in [6, 6.07) is 14.6. The molecule has 0 saturated carbocycles. The summed E-state index contributed by atoms with van der Waals surface area (Å²) >= 11 is 0. The third-order valence-corrected chi connectivity index (χ3v) is 6.93. The zero-order chi connectivity index (χ0) is 21.8. The number of carbonyl (C=O) groups is 1. The fourth-order valence-electron chi connectivity index (χ4n) is 3.47. The molecule has 3 heterocycles. The molecule has 0 fully saturated rings. The minimum absolute atomic E-state index is 0.511. The normalized spacial score (nSPS) is 11.6. The summed E-state index contributed by atoms with van der Waals surface area (Å²) in [5.41, 5.74) is 3.40. The highest BCUT2D eigenvalue weighted by Gasteiger charge is 2.13.